The van der Waals surface area contributed by atoms with Crippen LogP contribution in [0.25, 0.3) is 5.70 Å². The van der Waals surface area contributed by atoms with Crippen LogP contribution in [0.4, 0.5) is 0 Å². The van der Waals surface area contributed by atoms with Crippen LogP contribution < -0.4 is 4.74 Å². The summed E-state index contributed by atoms with van der Waals surface area (Å²) in [6.07, 6.45) is 5.59. The van der Waals surface area contributed by atoms with Gasteiger partial charge in [0.05, 0.1) is 47.8 Å². The average molecular weight is 793 g/mol. The molecule has 0 radical (unpaired) electrons. The fourth-order valence-corrected chi connectivity index (χ4v) is 8.40. The molecule has 4 aliphatic heterocycles. The molecule has 310 valence electrons. The molecule has 6 rings (SSSR count). The fourth-order valence-electron chi connectivity index (χ4n) is 8.40. The third kappa shape index (κ3) is 8.23. The topological polar surface area (TPSA) is 202 Å². The molecule has 1 saturated heterocycles. The number of carbonyl (C=O) groups excluding carboxylic acids is 4. The molecule has 1 fully saturated rings. The smallest absolute Gasteiger partial charge is 0.312 e. The van der Waals surface area contributed by atoms with E-state index >= 15 is 0 Å². The quantitative estimate of drug-likeness (QED) is 0.309. The van der Waals surface area contributed by atoms with E-state index in [-0.39, 0.29) is 39.3 Å². The Labute approximate surface area is 333 Å². The van der Waals surface area contributed by atoms with Crippen molar-refractivity contribution in [3.05, 3.63) is 64.5 Å². The van der Waals surface area contributed by atoms with Crippen molar-refractivity contribution in [1.82, 2.24) is 4.90 Å². The summed E-state index contributed by atoms with van der Waals surface area (Å²) in [5, 5.41) is 45.3. The second kappa shape index (κ2) is 17.1. The van der Waals surface area contributed by atoms with E-state index in [2.05, 4.69) is 4.99 Å². The normalized spacial score (nSPS) is 33.0. The number of ketones is 2. The number of hydrogen-bond acceptors (Lipinski definition) is 13. The molecule has 1 amide bonds. The van der Waals surface area contributed by atoms with Gasteiger partial charge in [-0.3, -0.25) is 19.2 Å². The van der Waals surface area contributed by atoms with Gasteiger partial charge in [-0.2, -0.15) is 0 Å². The molecule has 11 atom stereocenters. The Kier molecular flexibility index (Phi) is 13.0. The van der Waals surface area contributed by atoms with Crippen molar-refractivity contribution < 1.29 is 58.6 Å². The number of Topliss-reactive ketones (excluding diaryl/α,β-unsaturated/α-hetero) is 2. The van der Waals surface area contributed by atoms with Gasteiger partial charge in [-0.1, -0.05) is 45.9 Å². The summed E-state index contributed by atoms with van der Waals surface area (Å²) in [6, 6.07) is -0.414. The van der Waals surface area contributed by atoms with E-state index in [0.717, 1.165) is 0 Å². The molecular formula is C43H56N2O12. The number of aliphatic hydroxyl groups excluding tert-OH is 3. The van der Waals surface area contributed by atoms with Crippen LogP contribution in [0.2, 0.25) is 0 Å². The molecule has 1 aromatic rings. The predicted molar refractivity (Wildman–Crippen MR) is 211 cm³/mol. The van der Waals surface area contributed by atoms with Crippen LogP contribution in [0.3, 0.4) is 0 Å². The molecule has 4 heterocycles. The predicted octanol–water partition coefficient (Wildman–Crippen LogP) is 4.60. The molecular weight excluding hydrogens is 736 g/mol. The van der Waals surface area contributed by atoms with Crippen LogP contribution in [0.15, 0.2) is 47.2 Å². The lowest BCUT2D eigenvalue weighted by Crippen LogP contribution is -2.46. The largest absolute Gasteiger partial charge is 0.507 e. The Morgan fingerprint density at radius 1 is 1.02 bits per heavy atom. The number of aliphatic imine (C=N–C) groups is 1. The van der Waals surface area contributed by atoms with Crippen LogP contribution >= 0.6 is 0 Å². The zero-order valence-electron chi connectivity index (χ0n) is 34.3. The van der Waals surface area contributed by atoms with Gasteiger partial charge in [-0.05, 0) is 45.8 Å². The molecule has 1 aliphatic carbocycles. The van der Waals surface area contributed by atoms with Crippen molar-refractivity contribution in [3.63, 3.8) is 0 Å². The Morgan fingerprint density at radius 3 is 2.33 bits per heavy atom. The highest BCUT2D eigenvalue weighted by molar-refractivity contribution is 6.54. The number of carbonyl (C=O) groups is 4. The monoisotopic (exact) mass is 792 g/mol. The highest BCUT2D eigenvalue weighted by Gasteiger charge is 2.52. The summed E-state index contributed by atoms with van der Waals surface area (Å²) in [6.45, 7) is 14.7. The highest BCUT2D eigenvalue weighted by Crippen LogP contribution is 2.51. The van der Waals surface area contributed by atoms with Gasteiger partial charge < -0.3 is 44.3 Å². The SMILES string of the molecule is COC1C=COC2(C)Oc3c(C)c(O)c4c(c3C2=O)C(N2CCCC2C(C)O)=CC(=NC(=O)C(C)=CC=CC(C)C(O)C(C)C(O)C(C)C(OC(C)=O)C1C)C4=O. The third-order valence-corrected chi connectivity index (χ3v) is 11.9. The molecule has 57 heavy (non-hydrogen) atoms. The van der Waals surface area contributed by atoms with E-state index in [1.54, 1.807) is 46.8 Å². The minimum Gasteiger partial charge on any atom is -0.507 e. The van der Waals surface area contributed by atoms with E-state index in [4.69, 9.17) is 18.9 Å². The van der Waals surface area contributed by atoms with Gasteiger partial charge in [0, 0.05) is 73.6 Å². The Morgan fingerprint density at radius 2 is 1.70 bits per heavy atom. The number of aromatic hydroxyl groups is 1. The summed E-state index contributed by atoms with van der Waals surface area (Å²) in [4.78, 5) is 60.8. The molecule has 4 N–H and O–H groups in total. The minimum absolute atomic E-state index is 0.00567. The van der Waals surface area contributed by atoms with Crippen LogP contribution in [0.5, 0.6) is 11.5 Å². The fraction of sp³-hybridized carbons (Fsp3) is 0.558. The molecule has 5 aliphatic rings. The number of esters is 1. The number of likely N-dealkylation sites (tertiary alicyclic amines) is 1. The maximum Gasteiger partial charge on any atom is 0.312 e. The average Bonchev–Trinajstić information content (AvgIpc) is 3.76. The zero-order chi connectivity index (χ0) is 42.3. The zero-order valence-corrected chi connectivity index (χ0v) is 34.3. The van der Waals surface area contributed by atoms with Gasteiger partial charge in [0.15, 0.2) is 0 Å². The number of phenols is 1. The van der Waals surface area contributed by atoms with Crippen LogP contribution in [-0.2, 0) is 23.8 Å². The molecule has 5 bridgehead atoms. The minimum atomic E-state index is -1.98. The molecule has 1 aromatic carbocycles. The Bertz CT molecular complexity index is 1940. The summed E-state index contributed by atoms with van der Waals surface area (Å²) in [5.41, 5.74) is 0.171. The molecule has 14 heteroatoms. The molecule has 0 saturated carbocycles. The van der Waals surface area contributed by atoms with Crippen molar-refractivity contribution in [3.8, 4) is 11.5 Å². The number of hydrogen-bond donors (Lipinski definition) is 4. The van der Waals surface area contributed by atoms with E-state index in [1.807, 2.05) is 4.90 Å². The van der Waals surface area contributed by atoms with Crippen molar-refractivity contribution in [2.75, 3.05) is 13.7 Å². The van der Waals surface area contributed by atoms with Crippen molar-refractivity contribution >= 4 is 34.9 Å². The number of ether oxygens (including phenoxy) is 4. The third-order valence-electron chi connectivity index (χ3n) is 11.9. The number of nitrogens with zero attached hydrogens (tertiary/aromatic N) is 2. The van der Waals surface area contributed by atoms with Crippen LogP contribution in [0.1, 0.15) is 100 Å². The van der Waals surface area contributed by atoms with E-state index in [9.17, 15) is 39.6 Å². The van der Waals surface area contributed by atoms with Gasteiger partial charge in [0.25, 0.3) is 11.7 Å². The van der Waals surface area contributed by atoms with E-state index < -0.39 is 95.2 Å². The number of benzene rings is 1. The van der Waals surface area contributed by atoms with Crippen LogP contribution in [-0.4, -0.2) is 110 Å². The lowest BCUT2D eigenvalue weighted by atomic mass is 9.78. The number of fused-ring (bicyclic) bond motifs is 13. The summed E-state index contributed by atoms with van der Waals surface area (Å²) >= 11 is 0. The first-order valence-corrected chi connectivity index (χ1v) is 19.5. The Balaban J connectivity index is 1.70. The lowest BCUT2D eigenvalue weighted by Gasteiger charge is -2.38. The Hall–Kier alpha value is -4.63. The van der Waals surface area contributed by atoms with Crippen LogP contribution in [0, 0.1) is 30.6 Å². The molecule has 0 aromatic heterocycles. The first-order chi connectivity index (χ1) is 26.7. The summed E-state index contributed by atoms with van der Waals surface area (Å²) in [7, 11) is 1.45. The number of rotatable bonds is 4. The maximum absolute atomic E-state index is 14.6. The first-order valence-electron chi connectivity index (χ1n) is 19.5. The van der Waals surface area contributed by atoms with Gasteiger partial charge in [0.1, 0.15) is 23.3 Å². The number of allylic oxidation sites excluding steroid dienone is 3. The first kappa shape index (κ1) is 43.5. The summed E-state index contributed by atoms with van der Waals surface area (Å²) in [5.74, 6) is -7.61. The van der Waals surface area contributed by atoms with E-state index in [0.29, 0.717) is 25.1 Å². The maximum atomic E-state index is 14.6. The molecule has 11 unspecified atom stereocenters. The molecule has 0 spiro atoms. The van der Waals surface area contributed by atoms with Crippen molar-refractivity contribution in [2.45, 2.75) is 118 Å². The van der Waals surface area contributed by atoms with Gasteiger partial charge in [-0.25, -0.2) is 4.99 Å². The molecule has 14 nitrogen and oxygen atoms in total. The standard InChI is InChI=1S/C43H56N2O12/c1-20-13-11-14-21(2)42(53)44-28-19-30(45-17-12-15-29(45)26(7)46)32-33(38(28)51)37(50)25(6)40-34(32)41(52)43(9,57-40)55-18-16-31(54-10)22(3)39(56-27(8)47)24(5)36(49)23(4)35(20)48/h11,13-14,16,18-20,22-24,26,29,31,35-36,39,46,48-50H,12,15,17H2,1-10H3. The van der Waals surface area contributed by atoms with Gasteiger partial charge in [0.2, 0.25) is 5.78 Å². The second-order valence-corrected chi connectivity index (χ2v) is 16.0. The van der Waals surface area contributed by atoms with Gasteiger partial charge in [-0.15, -0.1) is 0 Å². The number of phenolic OH excluding ortho intramolecular Hbond substituents is 1. The second-order valence-electron chi connectivity index (χ2n) is 16.0. The van der Waals surface area contributed by atoms with E-state index in [1.165, 1.54) is 59.3 Å². The van der Waals surface area contributed by atoms with Crippen molar-refractivity contribution in [2.24, 2.45) is 28.7 Å². The number of amides is 1. The number of methoxy groups -OCH3 is 1. The summed E-state index contributed by atoms with van der Waals surface area (Å²) < 4.78 is 23.8. The van der Waals surface area contributed by atoms with Gasteiger partial charge >= 0.3 is 11.8 Å². The highest BCUT2D eigenvalue weighted by atomic mass is 16.7. The lowest BCUT2D eigenvalue weighted by molar-refractivity contribution is -0.160. The number of aliphatic hydroxyl groups is 3. The van der Waals surface area contributed by atoms with Crippen molar-refractivity contribution in [1.29, 1.82) is 0 Å².